The molecule has 0 saturated carbocycles. The van der Waals surface area contributed by atoms with Gasteiger partial charge in [0.05, 0.1) is 0 Å². The fourth-order valence-electron chi connectivity index (χ4n) is 1.68. The molecule has 1 aliphatic rings. The van der Waals surface area contributed by atoms with E-state index in [-0.39, 0.29) is 57.3 Å². The predicted molar refractivity (Wildman–Crippen MR) is 53.5 cm³/mol. The van der Waals surface area contributed by atoms with Crippen molar-refractivity contribution >= 4 is 12.4 Å². The second-order valence-corrected chi connectivity index (χ2v) is 3.84. The van der Waals surface area contributed by atoms with Crippen LogP contribution in [0.5, 0.6) is 0 Å². The number of nitrogens with zero attached hydrogens (tertiary/aromatic N) is 2. The van der Waals surface area contributed by atoms with Crippen LogP contribution in [-0.4, -0.2) is 30.2 Å². The minimum Gasteiger partial charge on any atom is -0.445 e. The van der Waals surface area contributed by atoms with Gasteiger partial charge in [0.25, 0.3) is 0 Å². The molecule has 0 radical (unpaired) electrons. The molecule has 2 heterocycles. The molecule has 0 atom stereocenters. The van der Waals surface area contributed by atoms with Gasteiger partial charge in [-0.25, -0.2) is 9.97 Å². The van der Waals surface area contributed by atoms with Crippen molar-refractivity contribution in [3.05, 3.63) is 18.2 Å². The average Bonchev–Trinajstić information content (AvgIpc) is 2.29. The molecule has 0 aliphatic carbocycles. The van der Waals surface area contributed by atoms with E-state index in [9.17, 15) is 12.9 Å². The number of hydrogen-bond donors (Lipinski definition) is 0. The maximum Gasteiger partial charge on any atom is 1.00 e. The average molecular weight is 270 g/mol. The molecule has 88 valence electrons. The van der Waals surface area contributed by atoms with Crippen molar-refractivity contribution in [2.75, 3.05) is 13.2 Å². The van der Waals surface area contributed by atoms with E-state index in [0.717, 1.165) is 25.2 Å². The summed E-state index contributed by atoms with van der Waals surface area (Å²) in [5.41, 5.74) is -0.740. The fourth-order valence-corrected chi connectivity index (χ4v) is 1.68. The second kappa shape index (κ2) is 6.63. The van der Waals surface area contributed by atoms with Gasteiger partial charge in [-0.1, -0.05) is 5.46 Å². The first-order chi connectivity index (χ1) is 7.57. The van der Waals surface area contributed by atoms with Gasteiger partial charge in [-0.15, -0.1) is 0 Å². The summed E-state index contributed by atoms with van der Waals surface area (Å²) in [5.74, 6) is 0.621. The Morgan fingerprint density at radius 2 is 1.65 bits per heavy atom. The van der Waals surface area contributed by atoms with Gasteiger partial charge in [0.2, 0.25) is 0 Å². The van der Waals surface area contributed by atoms with Gasteiger partial charge in [-0.05, 0) is 12.8 Å². The van der Waals surface area contributed by atoms with E-state index in [4.69, 9.17) is 4.74 Å². The van der Waals surface area contributed by atoms with Gasteiger partial charge in [0, 0.05) is 31.5 Å². The Balaban J connectivity index is 0.00000144. The standard InChI is InChI=1S/C9H11BF3N2O.K/c11-10(12,13)8-5-14-9(15-6-8)7-1-3-16-4-2-7;/h5-7H,1-4H2;/q-1;+1. The van der Waals surface area contributed by atoms with Crippen molar-refractivity contribution in [2.45, 2.75) is 18.8 Å². The first-order valence-electron chi connectivity index (χ1n) is 5.17. The summed E-state index contributed by atoms with van der Waals surface area (Å²) in [6.45, 7) is -3.74. The number of hydrogen-bond acceptors (Lipinski definition) is 3. The Labute approximate surface area is 140 Å². The van der Waals surface area contributed by atoms with E-state index >= 15 is 0 Å². The van der Waals surface area contributed by atoms with E-state index in [1.54, 1.807) is 0 Å². The molecule has 0 bridgehead atoms. The van der Waals surface area contributed by atoms with Crippen LogP contribution in [0.4, 0.5) is 12.9 Å². The normalized spacial score (nSPS) is 17.6. The Morgan fingerprint density at radius 1 is 1.12 bits per heavy atom. The van der Waals surface area contributed by atoms with E-state index in [0.29, 0.717) is 19.0 Å². The van der Waals surface area contributed by atoms with Crippen molar-refractivity contribution in [3.8, 4) is 0 Å². The molecule has 0 aromatic carbocycles. The first-order valence-corrected chi connectivity index (χ1v) is 5.17. The Kier molecular flexibility index (Phi) is 6.08. The van der Waals surface area contributed by atoms with E-state index in [1.807, 2.05) is 0 Å². The van der Waals surface area contributed by atoms with E-state index < -0.39 is 12.4 Å². The van der Waals surface area contributed by atoms with Gasteiger partial charge in [-0.2, -0.15) is 0 Å². The molecule has 17 heavy (non-hydrogen) atoms. The van der Waals surface area contributed by atoms with Gasteiger partial charge in [0.15, 0.2) is 0 Å². The van der Waals surface area contributed by atoms with Gasteiger partial charge >= 0.3 is 58.4 Å². The van der Waals surface area contributed by atoms with Crippen LogP contribution in [0.2, 0.25) is 0 Å². The third kappa shape index (κ3) is 4.29. The molecule has 2 rings (SSSR count). The molecule has 1 saturated heterocycles. The number of rotatable bonds is 2. The molecule has 8 heteroatoms. The minimum atomic E-state index is -4.99. The summed E-state index contributed by atoms with van der Waals surface area (Å²) in [4.78, 5) is 7.60. The number of ether oxygens (including phenoxy) is 1. The summed E-state index contributed by atoms with van der Waals surface area (Å²) < 4.78 is 42.1. The largest absolute Gasteiger partial charge is 1.00 e. The smallest absolute Gasteiger partial charge is 0.445 e. The SMILES string of the molecule is F[B-](F)(F)c1cnc(C2CCOCC2)nc1.[K+]. The molecule has 0 N–H and O–H groups in total. The van der Waals surface area contributed by atoms with Crippen LogP contribution in [0.3, 0.4) is 0 Å². The quantitative estimate of drug-likeness (QED) is 0.609. The van der Waals surface area contributed by atoms with Crippen molar-refractivity contribution < 1.29 is 69.1 Å². The molecule has 3 nitrogen and oxygen atoms in total. The van der Waals surface area contributed by atoms with E-state index in [2.05, 4.69) is 9.97 Å². The molecule has 0 spiro atoms. The Hall–Kier alpha value is 0.531. The summed E-state index contributed by atoms with van der Waals surface area (Å²) in [5, 5.41) is 0. The summed E-state index contributed by atoms with van der Waals surface area (Å²) >= 11 is 0. The maximum atomic E-state index is 12.3. The summed E-state index contributed by atoms with van der Waals surface area (Å²) in [7, 11) is 0. The van der Waals surface area contributed by atoms with Crippen LogP contribution >= 0.6 is 0 Å². The maximum absolute atomic E-state index is 12.3. The third-order valence-corrected chi connectivity index (χ3v) is 2.66. The fraction of sp³-hybridized carbons (Fsp3) is 0.556. The summed E-state index contributed by atoms with van der Waals surface area (Å²) in [6.07, 6.45) is 3.29. The van der Waals surface area contributed by atoms with Crippen molar-refractivity contribution in [2.24, 2.45) is 0 Å². The molecule has 1 fully saturated rings. The Bertz CT molecular complexity index is 354. The van der Waals surface area contributed by atoms with Crippen LogP contribution in [0.15, 0.2) is 12.4 Å². The van der Waals surface area contributed by atoms with Gasteiger partial charge in [0.1, 0.15) is 5.82 Å². The van der Waals surface area contributed by atoms with Gasteiger partial charge in [-0.3, -0.25) is 0 Å². The van der Waals surface area contributed by atoms with Crippen molar-refractivity contribution in [1.29, 1.82) is 0 Å². The Morgan fingerprint density at radius 3 is 2.12 bits per heavy atom. The molecule has 1 aromatic rings. The molecule has 1 aliphatic heterocycles. The molecular weight excluding hydrogens is 259 g/mol. The van der Waals surface area contributed by atoms with Crippen LogP contribution in [0.1, 0.15) is 24.6 Å². The monoisotopic (exact) mass is 270 g/mol. The second-order valence-electron chi connectivity index (χ2n) is 3.84. The number of halogens is 3. The van der Waals surface area contributed by atoms with Crippen molar-refractivity contribution in [3.63, 3.8) is 0 Å². The molecule has 1 aromatic heterocycles. The topological polar surface area (TPSA) is 35.0 Å². The van der Waals surface area contributed by atoms with Crippen LogP contribution in [0, 0.1) is 0 Å². The minimum absolute atomic E-state index is 0. The number of aromatic nitrogens is 2. The molecule has 0 amide bonds. The van der Waals surface area contributed by atoms with E-state index in [1.165, 1.54) is 0 Å². The zero-order valence-corrected chi connectivity index (χ0v) is 12.7. The molecule has 0 unspecified atom stereocenters. The van der Waals surface area contributed by atoms with Gasteiger partial charge < -0.3 is 17.7 Å². The van der Waals surface area contributed by atoms with Crippen LogP contribution in [-0.2, 0) is 4.74 Å². The molecular formula is C9H11BF3KN2O. The third-order valence-electron chi connectivity index (χ3n) is 2.66. The zero-order chi connectivity index (χ0) is 11.6. The predicted octanol–water partition coefficient (Wildman–Crippen LogP) is -1.57. The van der Waals surface area contributed by atoms with Crippen molar-refractivity contribution in [1.82, 2.24) is 9.97 Å². The zero-order valence-electron chi connectivity index (χ0n) is 9.57. The van der Waals surface area contributed by atoms with Crippen LogP contribution < -0.4 is 56.8 Å². The first kappa shape index (κ1) is 15.6. The van der Waals surface area contributed by atoms with Crippen LogP contribution in [0.25, 0.3) is 0 Å². The summed E-state index contributed by atoms with van der Waals surface area (Å²) in [6, 6.07) is 0.